The molecule has 0 saturated heterocycles. The average molecular weight is 288 g/mol. The third-order valence-corrected chi connectivity index (χ3v) is 4.10. The summed E-state index contributed by atoms with van der Waals surface area (Å²) in [4.78, 5) is 13.8. The molecule has 0 aromatic heterocycles. The van der Waals surface area contributed by atoms with E-state index in [1.807, 2.05) is 4.90 Å². The minimum absolute atomic E-state index is 0.101. The fraction of sp³-hybridized carbons (Fsp3) is 0.611. The summed E-state index contributed by atoms with van der Waals surface area (Å²) in [7, 11) is 0. The largest absolute Gasteiger partial charge is 0.380 e. The smallest absolute Gasteiger partial charge is 0.223 e. The summed E-state index contributed by atoms with van der Waals surface area (Å²) in [5.74, 6) is 1.10. The second kappa shape index (κ2) is 5.70. The average Bonchev–Trinajstić information content (AvgIpc) is 2.33. The highest BCUT2D eigenvalue weighted by Crippen LogP contribution is 2.40. The molecule has 0 aliphatic carbocycles. The van der Waals surface area contributed by atoms with E-state index < -0.39 is 0 Å². The SMILES string of the molecule is CC(=O)N(CC(C)C)c1ccc2c(c1)NC(C)(C)CC2C. The molecule has 1 aromatic carbocycles. The summed E-state index contributed by atoms with van der Waals surface area (Å²) in [5.41, 5.74) is 3.62. The van der Waals surface area contributed by atoms with Gasteiger partial charge in [-0.15, -0.1) is 0 Å². The minimum atomic E-state index is 0.101. The lowest BCUT2D eigenvalue weighted by Crippen LogP contribution is -2.37. The van der Waals surface area contributed by atoms with Crippen LogP contribution in [0.1, 0.15) is 59.4 Å². The number of rotatable bonds is 3. The van der Waals surface area contributed by atoms with Crippen molar-refractivity contribution in [1.82, 2.24) is 0 Å². The summed E-state index contributed by atoms with van der Waals surface area (Å²) in [6, 6.07) is 6.39. The molecular weight excluding hydrogens is 260 g/mol. The molecule has 0 radical (unpaired) electrons. The second-order valence-electron chi connectivity index (χ2n) is 7.41. The Morgan fingerprint density at radius 1 is 1.43 bits per heavy atom. The first kappa shape index (κ1) is 15.9. The van der Waals surface area contributed by atoms with Gasteiger partial charge in [-0.1, -0.05) is 26.8 Å². The lowest BCUT2D eigenvalue weighted by molar-refractivity contribution is -0.116. The predicted molar refractivity (Wildman–Crippen MR) is 90.0 cm³/mol. The minimum Gasteiger partial charge on any atom is -0.380 e. The Morgan fingerprint density at radius 2 is 2.10 bits per heavy atom. The first-order valence-electron chi connectivity index (χ1n) is 7.90. The highest BCUT2D eigenvalue weighted by molar-refractivity contribution is 5.92. The van der Waals surface area contributed by atoms with Gasteiger partial charge in [-0.3, -0.25) is 4.79 Å². The molecule has 1 atom stereocenters. The summed E-state index contributed by atoms with van der Waals surface area (Å²) in [6.45, 7) is 13.4. The normalized spacial score (nSPS) is 19.9. The molecule has 1 amide bonds. The van der Waals surface area contributed by atoms with Crippen LogP contribution in [0, 0.1) is 5.92 Å². The van der Waals surface area contributed by atoms with Gasteiger partial charge in [-0.25, -0.2) is 0 Å². The van der Waals surface area contributed by atoms with Crippen LogP contribution in [0.15, 0.2) is 18.2 Å². The van der Waals surface area contributed by atoms with E-state index in [4.69, 9.17) is 0 Å². The molecule has 1 unspecified atom stereocenters. The van der Waals surface area contributed by atoms with Crippen molar-refractivity contribution in [3.05, 3.63) is 23.8 Å². The zero-order valence-corrected chi connectivity index (χ0v) is 14.2. The number of nitrogens with zero attached hydrogens (tertiary/aromatic N) is 1. The van der Waals surface area contributed by atoms with E-state index in [0.717, 1.165) is 18.7 Å². The van der Waals surface area contributed by atoms with Crippen molar-refractivity contribution in [2.75, 3.05) is 16.8 Å². The van der Waals surface area contributed by atoms with Gasteiger partial charge in [0.15, 0.2) is 0 Å². The monoisotopic (exact) mass is 288 g/mol. The van der Waals surface area contributed by atoms with E-state index in [1.54, 1.807) is 6.92 Å². The number of hydrogen-bond acceptors (Lipinski definition) is 2. The second-order valence-corrected chi connectivity index (χ2v) is 7.41. The van der Waals surface area contributed by atoms with Gasteiger partial charge in [0, 0.05) is 30.4 Å². The molecule has 1 N–H and O–H groups in total. The number of nitrogens with one attached hydrogen (secondary N) is 1. The van der Waals surface area contributed by atoms with Crippen molar-refractivity contribution in [1.29, 1.82) is 0 Å². The van der Waals surface area contributed by atoms with Crippen LogP contribution in [0.4, 0.5) is 11.4 Å². The number of amides is 1. The number of anilines is 2. The first-order chi connectivity index (χ1) is 9.69. The molecule has 0 bridgehead atoms. The van der Waals surface area contributed by atoms with Crippen LogP contribution >= 0.6 is 0 Å². The molecule has 1 aliphatic heterocycles. The van der Waals surface area contributed by atoms with Crippen LogP contribution in [0.5, 0.6) is 0 Å². The fourth-order valence-corrected chi connectivity index (χ4v) is 3.32. The highest BCUT2D eigenvalue weighted by atomic mass is 16.2. The van der Waals surface area contributed by atoms with Crippen LogP contribution in [0.2, 0.25) is 0 Å². The summed E-state index contributed by atoms with van der Waals surface area (Å²) in [6.07, 6.45) is 1.13. The molecule has 0 spiro atoms. The Morgan fingerprint density at radius 3 is 2.67 bits per heavy atom. The number of fused-ring (bicyclic) bond motifs is 1. The Labute approximate surface area is 128 Å². The van der Waals surface area contributed by atoms with Crippen molar-refractivity contribution in [3.8, 4) is 0 Å². The fourth-order valence-electron chi connectivity index (χ4n) is 3.32. The first-order valence-corrected chi connectivity index (χ1v) is 7.90. The Kier molecular flexibility index (Phi) is 4.31. The number of carbonyl (C=O) groups is 1. The predicted octanol–water partition coefficient (Wildman–Crippen LogP) is 4.39. The molecular formula is C18H28N2O. The van der Waals surface area contributed by atoms with Crippen molar-refractivity contribution < 1.29 is 4.79 Å². The lowest BCUT2D eigenvalue weighted by atomic mass is 9.82. The zero-order valence-electron chi connectivity index (χ0n) is 14.2. The summed E-state index contributed by atoms with van der Waals surface area (Å²) >= 11 is 0. The van der Waals surface area contributed by atoms with Gasteiger partial charge in [0.1, 0.15) is 0 Å². The van der Waals surface area contributed by atoms with Crippen LogP contribution in [-0.2, 0) is 4.79 Å². The maximum atomic E-state index is 11.9. The molecule has 0 saturated carbocycles. The van der Waals surface area contributed by atoms with Gasteiger partial charge in [-0.05, 0) is 49.8 Å². The van der Waals surface area contributed by atoms with Gasteiger partial charge < -0.3 is 10.2 Å². The van der Waals surface area contributed by atoms with E-state index in [1.165, 1.54) is 11.3 Å². The standard InChI is InChI=1S/C18H28N2O/c1-12(2)11-20(14(4)21)15-7-8-16-13(3)10-18(5,6)19-17(16)9-15/h7-9,12-13,19H,10-11H2,1-6H3. The van der Waals surface area contributed by atoms with Crippen LogP contribution in [-0.4, -0.2) is 18.0 Å². The van der Waals surface area contributed by atoms with E-state index in [0.29, 0.717) is 11.8 Å². The van der Waals surface area contributed by atoms with Gasteiger partial charge >= 0.3 is 0 Å². The van der Waals surface area contributed by atoms with E-state index in [2.05, 4.69) is 58.1 Å². The molecule has 2 rings (SSSR count). The van der Waals surface area contributed by atoms with Crippen LogP contribution < -0.4 is 10.2 Å². The van der Waals surface area contributed by atoms with E-state index in [-0.39, 0.29) is 11.4 Å². The quantitative estimate of drug-likeness (QED) is 0.894. The van der Waals surface area contributed by atoms with Crippen molar-refractivity contribution in [2.45, 2.75) is 59.4 Å². The summed E-state index contributed by atoms with van der Waals surface area (Å²) in [5, 5.41) is 3.62. The van der Waals surface area contributed by atoms with E-state index >= 15 is 0 Å². The lowest BCUT2D eigenvalue weighted by Gasteiger charge is -2.38. The van der Waals surface area contributed by atoms with Crippen molar-refractivity contribution in [2.24, 2.45) is 5.92 Å². The molecule has 116 valence electrons. The van der Waals surface area contributed by atoms with Gasteiger partial charge in [-0.2, -0.15) is 0 Å². The Bertz CT molecular complexity index is 534. The topological polar surface area (TPSA) is 32.3 Å². The maximum absolute atomic E-state index is 11.9. The van der Waals surface area contributed by atoms with Gasteiger partial charge in [0.25, 0.3) is 0 Å². The van der Waals surface area contributed by atoms with Crippen LogP contribution in [0.3, 0.4) is 0 Å². The van der Waals surface area contributed by atoms with Gasteiger partial charge in [0.2, 0.25) is 5.91 Å². The molecule has 21 heavy (non-hydrogen) atoms. The Balaban J connectivity index is 2.37. The highest BCUT2D eigenvalue weighted by Gasteiger charge is 2.29. The van der Waals surface area contributed by atoms with Gasteiger partial charge in [0.05, 0.1) is 0 Å². The van der Waals surface area contributed by atoms with Crippen LogP contribution in [0.25, 0.3) is 0 Å². The number of hydrogen-bond donors (Lipinski definition) is 1. The zero-order chi connectivity index (χ0) is 15.8. The molecule has 1 aliphatic rings. The molecule has 0 fully saturated rings. The number of benzene rings is 1. The molecule has 1 heterocycles. The molecule has 3 nitrogen and oxygen atoms in total. The van der Waals surface area contributed by atoms with Crippen molar-refractivity contribution >= 4 is 17.3 Å². The van der Waals surface area contributed by atoms with E-state index in [9.17, 15) is 4.79 Å². The summed E-state index contributed by atoms with van der Waals surface area (Å²) < 4.78 is 0. The number of carbonyl (C=O) groups excluding carboxylic acids is 1. The van der Waals surface area contributed by atoms with Crippen molar-refractivity contribution in [3.63, 3.8) is 0 Å². The Hall–Kier alpha value is -1.51. The molecule has 3 heteroatoms. The third kappa shape index (κ3) is 3.58. The molecule has 1 aromatic rings. The maximum Gasteiger partial charge on any atom is 0.223 e. The third-order valence-electron chi connectivity index (χ3n) is 4.10.